The van der Waals surface area contributed by atoms with Crippen molar-refractivity contribution in [3.63, 3.8) is 0 Å². The summed E-state index contributed by atoms with van der Waals surface area (Å²) >= 11 is 35.4. The van der Waals surface area contributed by atoms with Crippen LogP contribution in [0.2, 0.25) is 0 Å². The van der Waals surface area contributed by atoms with Crippen molar-refractivity contribution in [2.75, 3.05) is 0 Å². The third-order valence-corrected chi connectivity index (χ3v) is 7.45. The molecule has 0 atom stereocenters. The molecule has 0 bridgehead atoms. The van der Waals surface area contributed by atoms with Gasteiger partial charge in [-0.05, 0) is 19.1 Å². The van der Waals surface area contributed by atoms with Crippen LogP contribution in [0.25, 0.3) is 0 Å². The molecule has 130 valence electrons. The van der Waals surface area contributed by atoms with Crippen LogP contribution in [0, 0.1) is 6.92 Å². The Morgan fingerprint density at radius 3 is 1.92 bits per heavy atom. The number of rotatable bonds is 2. The quantitative estimate of drug-likeness (QED) is 0.587. The number of ketones is 1. The van der Waals surface area contributed by atoms with Gasteiger partial charge in [0.05, 0.1) is 9.93 Å². The third-order valence-electron chi connectivity index (χ3n) is 3.11. The lowest BCUT2D eigenvalue weighted by molar-refractivity contribution is -0.115. The van der Waals surface area contributed by atoms with Crippen LogP contribution in [0.15, 0.2) is 43.6 Å². The van der Waals surface area contributed by atoms with Crippen molar-refractivity contribution in [1.82, 2.24) is 0 Å². The Morgan fingerprint density at radius 2 is 1.42 bits per heavy atom. The molecule has 0 spiro atoms. The first-order valence-corrected chi connectivity index (χ1v) is 9.81. The molecule has 0 fully saturated rings. The Hall–Kier alpha value is -0.0100. The van der Waals surface area contributed by atoms with Crippen LogP contribution in [-0.2, 0) is 14.8 Å². The van der Waals surface area contributed by atoms with Crippen molar-refractivity contribution < 1.29 is 13.2 Å². The number of nitrogens with zero attached hydrogens (tertiary/aromatic N) is 1. The molecule has 0 aliphatic heterocycles. The number of sulfonamides is 1. The number of Topliss-reactive ketones (excluding diaryl/α,β-unsaturated/α-hetero) is 1. The minimum absolute atomic E-state index is 0.142. The van der Waals surface area contributed by atoms with Gasteiger partial charge >= 0.3 is 0 Å². The number of hydrogen-bond donors (Lipinski definition) is 0. The van der Waals surface area contributed by atoms with E-state index in [0.717, 1.165) is 5.56 Å². The topological polar surface area (TPSA) is 63.6 Å². The van der Waals surface area contributed by atoms with Gasteiger partial charge in [0, 0.05) is 0 Å². The molecule has 4 nitrogen and oxygen atoms in total. The highest BCUT2D eigenvalue weighted by atomic mass is 35.5. The predicted molar refractivity (Wildman–Crippen MR) is 98.4 cm³/mol. The molecule has 1 aliphatic rings. The number of aryl methyl sites for hydroxylation is 1. The summed E-state index contributed by atoms with van der Waals surface area (Å²) in [5, 5.41) is -1.16. The number of carbonyl (C=O) groups is 1. The molecule has 1 aliphatic carbocycles. The Morgan fingerprint density at radius 1 is 0.917 bits per heavy atom. The second-order valence-corrected chi connectivity index (χ2v) is 9.85. The maximum absolute atomic E-state index is 12.4. The van der Waals surface area contributed by atoms with Gasteiger partial charge in [-0.3, -0.25) is 4.79 Å². The number of alkyl halides is 4. The number of allylic oxidation sites excluding steroid dienone is 2. The van der Waals surface area contributed by atoms with Crippen molar-refractivity contribution >= 4 is 91.1 Å². The number of carbonyl (C=O) groups excluding carboxylic acids is 1. The van der Waals surface area contributed by atoms with Crippen molar-refractivity contribution in [2.24, 2.45) is 4.40 Å². The zero-order valence-corrected chi connectivity index (χ0v) is 17.0. The average molecular weight is 470 g/mol. The van der Waals surface area contributed by atoms with Gasteiger partial charge < -0.3 is 0 Å². The molecule has 0 aromatic heterocycles. The van der Waals surface area contributed by atoms with Crippen LogP contribution in [0.3, 0.4) is 0 Å². The summed E-state index contributed by atoms with van der Waals surface area (Å²) in [6.45, 7) is 1.78. The minimum Gasteiger partial charge on any atom is -0.290 e. The monoisotopic (exact) mass is 467 g/mol. The lowest BCUT2D eigenvalue weighted by Gasteiger charge is -2.35. The van der Waals surface area contributed by atoms with Crippen LogP contribution in [0.4, 0.5) is 0 Å². The van der Waals surface area contributed by atoms with Crippen molar-refractivity contribution in [3.05, 3.63) is 39.9 Å². The van der Waals surface area contributed by atoms with Gasteiger partial charge in [-0.1, -0.05) is 87.3 Å². The van der Waals surface area contributed by atoms with Gasteiger partial charge in [-0.25, -0.2) is 0 Å². The fraction of sp³-hybridized carbons (Fsp3) is 0.231. The first-order valence-electron chi connectivity index (χ1n) is 6.10. The highest BCUT2D eigenvalue weighted by molar-refractivity contribution is 7.90. The minimum atomic E-state index is -4.26. The molecule has 0 amide bonds. The summed E-state index contributed by atoms with van der Waals surface area (Å²) in [7, 11) is -4.26. The Kier molecular flexibility index (Phi) is 5.60. The van der Waals surface area contributed by atoms with E-state index in [1.807, 2.05) is 0 Å². The zero-order valence-electron chi connectivity index (χ0n) is 11.7. The Labute approximate surface area is 168 Å². The van der Waals surface area contributed by atoms with Crippen molar-refractivity contribution in [2.45, 2.75) is 20.5 Å². The molecule has 0 radical (unpaired) electrons. The summed E-state index contributed by atoms with van der Waals surface area (Å²) in [4.78, 5) is 11.8. The second kappa shape index (κ2) is 6.62. The van der Waals surface area contributed by atoms with E-state index in [2.05, 4.69) is 4.40 Å². The maximum Gasteiger partial charge on any atom is 0.282 e. The van der Waals surface area contributed by atoms with Gasteiger partial charge in [-0.2, -0.15) is 12.8 Å². The van der Waals surface area contributed by atoms with E-state index in [1.165, 1.54) is 12.1 Å². The average Bonchev–Trinajstić information content (AvgIpc) is 2.49. The highest BCUT2D eigenvalue weighted by Crippen LogP contribution is 2.52. The fourth-order valence-corrected chi connectivity index (χ4v) is 4.46. The van der Waals surface area contributed by atoms with Crippen LogP contribution in [0.5, 0.6) is 0 Å². The summed E-state index contributed by atoms with van der Waals surface area (Å²) in [5.41, 5.74) is 0.207. The lowest BCUT2D eigenvalue weighted by atomic mass is 10.0. The molecule has 24 heavy (non-hydrogen) atoms. The van der Waals surface area contributed by atoms with E-state index in [4.69, 9.17) is 69.6 Å². The molecule has 0 saturated carbocycles. The maximum atomic E-state index is 12.4. The van der Waals surface area contributed by atoms with Gasteiger partial charge in [0.25, 0.3) is 10.0 Å². The van der Waals surface area contributed by atoms with Gasteiger partial charge in [0.1, 0.15) is 10.7 Å². The van der Waals surface area contributed by atoms with Crippen molar-refractivity contribution in [3.8, 4) is 0 Å². The molecule has 0 saturated heterocycles. The first-order chi connectivity index (χ1) is 10.8. The second-order valence-electron chi connectivity index (χ2n) is 4.83. The molecule has 2 rings (SSSR count). The van der Waals surface area contributed by atoms with E-state index in [9.17, 15) is 13.2 Å². The fourth-order valence-electron chi connectivity index (χ4n) is 1.75. The van der Waals surface area contributed by atoms with E-state index in [-0.39, 0.29) is 4.90 Å². The number of benzene rings is 1. The Bertz CT molecular complexity index is 871. The number of halogens is 6. The summed E-state index contributed by atoms with van der Waals surface area (Å²) in [5.74, 6) is -1.06. The smallest absolute Gasteiger partial charge is 0.282 e. The number of hydrogen-bond acceptors (Lipinski definition) is 3. The van der Waals surface area contributed by atoms with Gasteiger partial charge in [0.15, 0.2) is 0 Å². The van der Waals surface area contributed by atoms with E-state index < -0.39 is 40.2 Å². The third kappa shape index (κ3) is 3.32. The van der Waals surface area contributed by atoms with E-state index >= 15 is 0 Å². The SMILES string of the molecule is Cc1ccc(S(=O)(=O)N=C2C(Cl)=C(Cl)C(=O)C(Cl)(Cl)C2(Cl)Cl)cc1. The Balaban J connectivity index is 2.70. The van der Waals surface area contributed by atoms with Crippen LogP contribution in [0.1, 0.15) is 5.56 Å². The van der Waals surface area contributed by atoms with Crippen LogP contribution < -0.4 is 0 Å². The predicted octanol–water partition coefficient (Wildman–Crippen LogP) is 4.74. The molecule has 0 N–H and O–H groups in total. The van der Waals surface area contributed by atoms with Gasteiger partial charge in [0.2, 0.25) is 14.4 Å². The standard InChI is InChI=1S/C13H7Cl6NO3S/c1-6-2-4-7(5-3-6)24(22,23)20-10-8(14)9(15)11(21)13(18,19)12(10,16)17/h2-5H,1H3. The van der Waals surface area contributed by atoms with E-state index in [1.54, 1.807) is 19.1 Å². The molecular weight excluding hydrogens is 463 g/mol. The first kappa shape index (κ1) is 20.3. The molecule has 11 heteroatoms. The molecule has 1 aromatic carbocycles. The summed E-state index contributed by atoms with van der Waals surface area (Å²) < 4.78 is 23.5. The van der Waals surface area contributed by atoms with Crippen molar-refractivity contribution in [1.29, 1.82) is 0 Å². The molecule has 0 heterocycles. The lowest BCUT2D eigenvalue weighted by Crippen LogP contribution is -2.53. The highest BCUT2D eigenvalue weighted by Gasteiger charge is 2.61. The molecule has 1 aromatic rings. The largest absolute Gasteiger partial charge is 0.290 e. The zero-order chi connectivity index (χ0) is 18.5. The van der Waals surface area contributed by atoms with Crippen LogP contribution >= 0.6 is 69.6 Å². The van der Waals surface area contributed by atoms with Crippen LogP contribution in [-0.4, -0.2) is 28.6 Å². The molecular formula is C13H7Cl6NO3S. The van der Waals surface area contributed by atoms with E-state index in [0.29, 0.717) is 0 Å². The normalized spacial score (nSPS) is 22.1. The molecule has 0 unspecified atom stereocenters. The van der Waals surface area contributed by atoms with Gasteiger partial charge in [-0.15, -0.1) is 0 Å². The summed E-state index contributed by atoms with van der Waals surface area (Å²) in [6, 6.07) is 5.81. The summed E-state index contributed by atoms with van der Waals surface area (Å²) in [6.07, 6.45) is 0.